The van der Waals surface area contributed by atoms with E-state index in [4.69, 9.17) is 5.11 Å². The minimum absolute atomic E-state index is 0.0335. The third-order valence-electron chi connectivity index (χ3n) is 3.06. The highest BCUT2D eigenvalue weighted by molar-refractivity contribution is 5.90. The van der Waals surface area contributed by atoms with E-state index in [0.717, 1.165) is 12.8 Å². The van der Waals surface area contributed by atoms with Crippen LogP contribution < -0.4 is 5.56 Å². The zero-order valence-corrected chi connectivity index (χ0v) is 10.8. The lowest BCUT2D eigenvalue weighted by Crippen LogP contribution is -2.28. The zero-order valence-electron chi connectivity index (χ0n) is 10.8. The molecule has 1 aromatic rings. The van der Waals surface area contributed by atoms with E-state index in [1.807, 2.05) is 13.8 Å². The molecule has 1 heterocycles. The van der Waals surface area contributed by atoms with Gasteiger partial charge in [0.2, 0.25) is 0 Å². The molecule has 1 atom stereocenters. The standard InChI is InChI=1S/C13H19NO3/c1-5-6-9(3)14-10(4)12(13(16)17)8(2)7-11(14)15/h7,9H,5-6H2,1-4H3,(H,16,17). The fourth-order valence-corrected chi connectivity index (χ4v) is 2.32. The Labute approximate surface area is 101 Å². The van der Waals surface area contributed by atoms with Crippen molar-refractivity contribution in [3.8, 4) is 0 Å². The van der Waals surface area contributed by atoms with Gasteiger partial charge >= 0.3 is 5.97 Å². The number of carboxylic acid groups (broad SMARTS) is 1. The van der Waals surface area contributed by atoms with Crippen molar-refractivity contribution in [2.24, 2.45) is 0 Å². The van der Waals surface area contributed by atoms with E-state index in [1.165, 1.54) is 6.07 Å². The molecule has 1 N–H and O–H groups in total. The van der Waals surface area contributed by atoms with Gasteiger partial charge in [0, 0.05) is 17.8 Å². The molecule has 17 heavy (non-hydrogen) atoms. The van der Waals surface area contributed by atoms with Gasteiger partial charge < -0.3 is 9.67 Å². The van der Waals surface area contributed by atoms with Gasteiger partial charge in [-0.25, -0.2) is 4.79 Å². The van der Waals surface area contributed by atoms with Crippen molar-refractivity contribution in [2.45, 2.75) is 46.6 Å². The zero-order chi connectivity index (χ0) is 13.2. The topological polar surface area (TPSA) is 59.3 Å². The molecule has 0 aliphatic rings. The van der Waals surface area contributed by atoms with Crippen LogP contribution in [0.15, 0.2) is 10.9 Å². The van der Waals surface area contributed by atoms with Crippen molar-refractivity contribution >= 4 is 5.97 Å². The van der Waals surface area contributed by atoms with Crippen LogP contribution in [0.5, 0.6) is 0 Å². The van der Waals surface area contributed by atoms with Gasteiger partial charge in [0.1, 0.15) is 0 Å². The van der Waals surface area contributed by atoms with Crippen LogP contribution in [0.2, 0.25) is 0 Å². The number of rotatable bonds is 4. The van der Waals surface area contributed by atoms with Gasteiger partial charge in [-0.15, -0.1) is 0 Å². The highest BCUT2D eigenvalue weighted by atomic mass is 16.4. The predicted molar refractivity (Wildman–Crippen MR) is 66.8 cm³/mol. The van der Waals surface area contributed by atoms with Crippen molar-refractivity contribution in [1.29, 1.82) is 0 Å². The summed E-state index contributed by atoms with van der Waals surface area (Å²) in [5.41, 5.74) is 1.20. The SMILES string of the molecule is CCCC(C)n1c(C)c(C(=O)O)c(C)cc1=O. The maximum atomic E-state index is 11.9. The monoisotopic (exact) mass is 237 g/mol. The Hall–Kier alpha value is -1.58. The molecule has 0 aromatic carbocycles. The van der Waals surface area contributed by atoms with Gasteiger partial charge in [0.05, 0.1) is 5.56 Å². The highest BCUT2D eigenvalue weighted by Gasteiger charge is 2.18. The van der Waals surface area contributed by atoms with Crippen LogP contribution in [0.1, 0.15) is 54.3 Å². The van der Waals surface area contributed by atoms with Gasteiger partial charge in [-0.3, -0.25) is 4.79 Å². The maximum absolute atomic E-state index is 11.9. The van der Waals surface area contributed by atoms with Crippen molar-refractivity contribution in [2.75, 3.05) is 0 Å². The average Bonchev–Trinajstić information content (AvgIpc) is 2.15. The first-order valence-corrected chi connectivity index (χ1v) is 5.86. The van der Waals surface area contributed by atoms with Gasteiger partial charge in [0.25, 0.3) is 5.56 Å². The second-order valence-corrected chi connectivity index (χ2v) is 4.44. The molecule has 0 fully saturated rings. The summed E-state index contributed by atoms with van der Waals surface area (Å²) in [5.74, 6) is -0.975. The van der Waals surface area contributed by atoms with E-state index in [-0.39, 0.29) is 17.2 Å². The molecule has 0 saturated heterocycles. The van der Waals surface area contributed by atoms with Crippen LogP contribution in [0.3, 0.4) is 0 Å². The summed E-state index contributed by atoms with van der Waals surface area (Å²) in [6.45, 7) is 7.35. The summed E-state index contributed by atoms with van der Waals surface area (Å²) in [5, 5.41) is 9.16. The molecule has 4 heteroatoms. The van der Waals surface area contributed by atoms with Crippen LogP contribution >= 0.6 is 0 Å². The molecule has 0 amide bonds. The van der Waals surface area contributed by atoms with Crippen molar-refractivity contribution < 1.29 is 9.90 Å². The number of hydrogen-bond donors (Lipinski definition) is 1. The van der Waals surface area contributed by atoms with Crippen molar-refractivity contribution in [1.82, 2.24) is 4.57 Å². The first-order valence-electron chi connectivity index (χ1n) is 5.86. The summed E-state index contributed by atoms with van der Waals surface area (Å²) >= 11 is 0. The van der Waals surface area contributed by atoms with Gasteiger partial charge in [-0.1, -0.05) is 13.3 Å². The number of pyridine rings is 1. The quantitative estimate of drug-likeness (QED) is 0.875. The first kappa shape index (κ1) is 13.5. The molecule has 0 aliphatic heterocycles. The molecule has 0 spiro atoms. The first-order chi connectivity index (χ1) is 7.90. The second kappa shape index (κ2) is 5.17. The smallest absolute Gasteiger partial charge is 0.337 e. The lowest BCUT2D eigenvalue weighted by atomic mass is 10.1. The third-order valence-corrected chi connectivity index (χ3v) is 3.06. The number of hydrogen-bond acceptors (Lipinski definition) is 2. The Morgan fingerprint density at radius 1 is 1.47 bits per heavy atom. The molecule has 4 nitrogen and oxygen atoms in total. The van der Waals surface area contributed by atoms with Crippen molar-refractivity contribution in [3.05, 3.63) is 33.2 Å². The third kappa shape index (κ3) is 2.57. The van der Waals surface area contributed by atoms with Crippen LogP contribution in [0, 0.1) is 13.8 Å². The summed E-state index contributed by atoms with van der Waals surface area (Å²) in [7, 11) is 0. The van der Waals surface area contributed by atoms with Gasteiger partial charge in [-0.05, 0) is 32.8 Å². The lowest BCUT2D eigenvalue weighted by Gasteiger charge is -2.19. The van der Waals surface area contributed by atoms with Crippen LogP contribution in [-0.2, 0) is 0 Å². The Morgan fingerprint density at radius 3 is 2.53 bits per heavy atom. The minimum atomic E-state index is -0.975. The molecule has 0 saturated carbocycles. The second-order valence-electron chi connectivity index (χ2n) is 4.44. The normalized spacial score (nSPS) is 12.5. The molecule has 1 rings (SSSR count). The van der Waals surface area contributed by atoms with Gasteiger partial charge in [-0.2, -0.15) is 0 Å². The minimum Gasteiger partial charge on any atom is -0.478 e. The summed E-state index contributed by atoms with van der Waals surface area (Å²) in [6.07, 6.45) is 1.83. The number of carboxylic acids is 1. The summed E-state index contributed by atoms with van der Waals surface area (Å²) < 4.78 is 1.58. The molecule has 0 radical (unpaired) electrons. The number of nitrogens with zero attached hydrogens (tertiary/aromatic N) is 1. The van der Waals surface area contributed by atoms with Crippen LogP contribution in [-0.4, -0.2) is 15.6 Å². The molecule has 94 valence electrons. The lowest BCUT2D eigenvalue weighted by molar-refractivity contribution is 0.0694. The molecule has 1 unspecified atom stereocenters. The predicted octanol–water partition coefficient (Wildman–Crippen LogP) is 2.52. The molecule has 1 aromatic heterocycles. The number of aromatic carboxylic acids is 1. The van der Waals surface area contributed by atoms with E-state index in [2.05, 4.69) is 0 Å². The van der Waals surface area contributed by atoms with Crippen molar-refractivity contribution in [3.63, 3.8) is 0 Å². The molecular formula is C13H19NO3. The molecule has 0 aliphatic carbocycles. The number of carbonyl (C=O) groups is 1. The van der Waals surface area contributed by atoms with Crippen LogP contribution in [0.25, 0.3) is 0 Å². The Morgan fingerprint density at radius 2 is 2.06 bits per heavy atom. The Bertz CT molecular complexity index is 488. The molecule has 0 bridgehead atoms. The average molecular weight is 237 g/mol. The summed E-state index contributed by atoms with van der Waals surface area (Å²) in [4.78, 5) is 23.1. The largest absolute Gasteiger partial charge is 0.478 e. The molecular weight excluding hydrogens is 218 g/mol. The van der Waals surface area contributed by atoms with E-state index in [0.29, 0.717) is 11.3 Å². The van der Waals surface area contributed by atoms with E-state index in [1.54, 1.807) is 18.4 Å². The number of aromatic nitrogens is 1. The highest BCUT2D eigenvalue weighted by Crippen LogP contribution is 2.18. The fraction of sp³-hybridized carbons (Fsp3) is 0.538. The number of aryl methyl sites for hydroxylation is 1. The Kier molecular flexibility index (Phi) is 4.10. The summed E-state index contributed by atoms with van der Waals surface area (Å²) in [6, 6.07) is 1.44. The van der Waals surface area contributed by atoms with Crippen LogP contribution in [0.4, 0.5) is 0 Å². The van der Waals surface area contributed by atoms with E-state index < -0.39 is 5.97 Å². The fourth-order valence-electron chi connectivity index (χ4n) is 2.32. The van der Waals surface area contributed by atoms with E-state index in [9.17, 15) is 9.59 Å². The maximum Gasteiger partial charge on any atom is 0.337 e. The van der Waals surface area contributed by atoms with E-state index >= 15 is 0 Å². The Balaban J connectivity index is 3.46. The van der Waals surface area contributed by atoms with Gasteiger partial charge in [0.15, 0.2) is 0 Å².